The van der Waals surface area contributed by atoms with Crippen LogP contribution in [0.5, 0.6) is 0 Å². The first kappa shape index (κ1) is 15.0. The third kappa shape index (κ3) is 2.33. The molecule has 0 saturated carbocycles. The quantitative estimate of drug-likeness (QED) is 0.340. The molecule has 0 aliphatic rings. The molecule has 5 rings (SSSR count). The Labute approximate surface area is 153 Å². The molecule has 0 fully saturated rings. The molecule has 0 amide bonds. The molecule has 0 unspecified atom stereocenters. The molecule has 1 heteroatoms. The average molecular weight is 333 g/mol. The van der Waals surface area contributed by atoms with E-state index in [9.17, 15) is 0 Å². The molecular weight excluding hydrogens is 314 g/mol. The van der Waals surface area contributed by atoms with Gasteiger partial charge in [-0.2, -0.15) is 0 Å². The highest BCUT2D eigenvalue weighted by molar-refractivity contribution is 6.09. The number of aromatic nitrogens is 1. The summed E-state index contributed by atoms with van der Waals surface area (Å²) in [7, 11) is 2.14. The van der Waals surface area contributed by atoms with E-state index in [1.165, 1.54) is 44.1 Å². The molecule has 0 atom stereocenters. The highest BCUT2D eigenvalue weighted by atomic mass is 14.9. The van der Waals surface area contributed by atoms with E-state index in [0.717, 1.165) is 0 Å². The summed E-state index contributed by atoms with van der Waals surface area (Å²) in [6.45, 7) is 0. The number of rotatable bonds is 2. The summed E-state index contributed by atoms with van der Waals surface area (Å²) >= 11 is 0. The van der Waals surface area contributed by atoms with E-state index in [1.54, 1.807) is 0 Å². The van der Waals surface area contributed by atoms with Crippen LogP contribution < -0.4 is 0 Å². The van der Waals surface area contributed by atoms with Gasteiger partial charge in [0.1, 0.15) is 0 Å². The monoisotopic (exact) mass is 333 g/mol. The Bertz CT molecular complexity index is 1230. The van der Waals surface area contributed by atoms with Crippen molar-refractivity contribution < 1.29 is 0 Å². The summed E-state index contributed by atoms with van der Waals surface area (Å²) in [6.07, 6.45) is 0. The lowest BCUT2D eigenvalue weighted by atomic mass is 9.98. The summed E-state index contributed by atoms with van der Waals surface area (Å²) in [5.74, 6) is 0. The molecule has 124 valence electrons. The van der Waals surface area contributed by atoms with Gasteiger partial charge in [-0.3, -0.25) is 0 Å². The summed E-state index contributed by atoms with van der Waals surface area (Å²) in [6, 6.07) is 34.7. The normalized spacial score (nSPS) is 11.3. The Morgan fingerprint density at radius 1 is 0.462 bits per heavy atom. The van der Waals surface area contributed by atoms with Crippen LogP contribution in [0, 0.1) is 0 Å². The molecule has 26 heavy (non-hydrogen) atoms. The molecule has 5 aromatic rings. The lowest BCUT2D eigenvalue weighted by Gasteiger charge is -2.07. The fourth-order valence-electron chi connectivity index (χ4n) is 3.86. The van der Waals surface area contributed by atoms with Crippen molar-refractivity contribution >= 4 is 21.8 Å². The van der Waals surface area contributed by atoms with Crippen molar-refractivity contribution in [3.8, 4) is 22.3 Å². The third-order valence-corrected chi connectivity index (χ3v) is 5.22. The Morgan fingerprint density at radius 3 is 1.92 bits per heavy atom. The van der Waals surface area contributed by atoms with Gasteiger partial charge in [-0.15, -0.1) is 0 Å². The van der Waals surface area contributed by atoms with Crippen LogP contribution >= 0.6 is 0 Å². The van der Waals surface area contributed by atoms with Crippen molar-refractivity contribution in [2.24, 2.45) is 7.05 Å². The van der Waals surface area contributed by atoms with Gasteiger partial charge in [0, 0.05) is 28.9 Å². The maximum Gasteiger partial charge on any atom is 0.0489 e. The van der Waals surface area contributed by atoms with Gasteiger partial charge >= 0.3 is 0 Å². The SMILES string of the molecule is Cn1c2ccccc2c2cc(-c3cccc(-c4ccccc4)c3)ccc21. The number of fused-ring (bicyclic) bond motifs is 3. The van der Waals surface area contributed by atoms with Gasteiger partial charge in [-0.25, -0.2) is 0 Å². The van der Waals surface area contributed by atoms with Gasteiger partial charge in [0.25, 0.3) is 0 Å². The Kier molecular flexibility index (Phi) is 3.39. The van der Waals surface area contributed by atoms with Crippen LogP contribution in [0.2, 0.25) is 0 Å². The van der Waals surface area contributed by atoms with E-state index in [0.29, 0.717) is 0 Å². The van der Waals surface area contributed by atoms with Crippen molar-refractivity contribution in [1.82, 2.24) is 4.57 Å². The van der Waals surface area contributed by atoms with Crippen LogP contribution in [0.15, 0.2) is 97.1 Å². The van der Waals surface area contributed by atoms with Crippen LogP contribution in [-0.2, 0) is 7.05 Å². The molecule has 0 bridgehead atoms. The van der Waals surface area contributed by atoms with Crippen molar-refractivity contribution in [3.05, 3.63) is 97.1 Å². The molecule has 0 N–H and O–H groups in total. The summed E-state index contributed by atoms with van der Waals surface area (Å²) in [4.78, 5) is 0. The van der Waals surface area contributed by atoms with E-state index in [2.05, 4.69) is 109 Å². The molecule has 0 saturated heterocycles. The predicted molar refractivity (Wildman–Crippen MR) is 111 cm³/mol. The minimum atomic E-state index is 1.25. The lowest BCUT2D eigenvalue weighted by molar-refractivity contribution is 1.01. The van der Waals surface area contributed by atoms with Crippen LogP contribution in [0.3, 0.4) is 0 Å². The largest absolute Gasteiger partial charge is 0.344 e. The van der Waals surface area contributed by atoms with Crippen LogP contribution in [0.25, 0.3) is 44.1 Å². The standard InChI is InChI=1S/C25H19N/c1-26-24-13-6-5-12-22(24)23-17-21(14-15-25(23)26)20-11-7-10-19(16-20)18-8-3-2-4-9-18/h2-17H,1H3. The van der Waals surface area contributed by atoms with E-state index in [1.807, 2.05) is 0 Å². The maximum absolute atomic E-state index is 2.32. The summed E-state index contributed by atoms with van der Waals surface area (Å²) in [5.41, 5.74) is 7.56. The van der Waals surface area contributed by atoms with Crippen LogP contribution in [0.1, 0.15) is 0 Å². The number of para-hydroxylation sites is 1. The predicted octanol–water partition coefficient (Wildman–Crippen LogP) is 6.67. The molecule has 0 spiro atoms. The smallest absolute Gasteiger partial charge is 0.0489 e. The first-order chi connectivity index (χ1) is 12.8. The van der Waals surface area contributed by atoms with Crippen molar-refractivity contribution in [1.29, 1.82) is 0 Å². The fourth-order valence-corrected chi connectivity index (χ4v) is 3.86. The van der Waals surface area contributed by atoms with Gasteiger partial charge in [-0.05, 0) is 46.5 Å². The number of aryl methyl sites for hydroxylation is 1. The van der Waals surface area contributed by atoms with Crippen molar-refractivity contribution in [3.63, 3.8) is 0 Å². The zero-order valence-corrected chi connectivity index (χ0v) is 14.7. The van der Waals surface area contributed by atoms with Crippen molar-refractivity contribution in [2.75, 3.05) is 0 Å². The topological polar surface area (TPSA) is 4.93 Å². The molecule has 4 aromatic carbocycles. The zero-order valence-electron chi connectivity index (χ0n) is 14.7. The number of nitrogens with zero attached hydrogens (tertiary/aromatic N) is 1. The minimum absolute atomic E-state index is 1.25. The molecule has 1 aromatic heterocycles. The average Bonchev–Trinajstić information content (AvgIpc) is 3.01. The van der Waals surface area contributed by atoms with Gasteiger partial charge < -0.3 is 4.57 Å². The third-order valence-electron chi connectivity index (χ3n) is 5.22. The van der Waals surface area contributed by atoms with Crippen LogP contribution in [-0.4, -0.2) is 4.57 Å². The Hall–Kier alpha value is -3.32. The van der Waals surface area contributed by atoms with Crippen LogP contribution in [0.4, 0.5) is 0 Å². The molecule has 0 radical (unpaired) electrons. The Balaban J connectivity index is 1.69. The fraction of sp³-hybridized carbons (Fsp3) is 0.0400. The van der Waals surface area contributed by atoms with E-state index >= 15 is 0 Å². The molecule has 0 aliphatic carbocycles. The molecule has 0 aliphatic heterocycles. The highest BCUT2D eigenvalue weighted by Crippen LogP contribution is 2.33. The van der Waals surface area contributed by atoms with E-state index in [4.69, 9.17) is 0 Å². The number of hydrogen-bond acceptors (Lipinski definition) is 0. The van der Waals surface area contributed by atoms with Gasteiger partial charge in [0.2, 0.25) is 0 Å². The summed E-state index contributed by atoms with van der Waals surface area (Å²) < 4.78 is 2.27. The second-order valence-corrected chi connectivity index (χ2v) is 6.75. The second kappa shape index (κ2) is 5.89. The first-order valence-electron chi connectivity index (χ1n) is 8.94. The van der Waals surface area contributed by atoms with Gasteiger partial charge in [0.05, 0.1) is 0 Å². The summed E-state index contributed by atoms with van der Waals surface area (Å²) in [5, 5.41) is 2.62. The molecular formula is C25H19N. The number of benzene rings is 4. The lowest BCUT2D eigenvalue weighted by Crippen LogP contribution is -1.86. The maximum atomic E-state index is 2.32. The van der Waals surface area contributed by atoms with Gasteiger partial charge in [0.15, 0.2) is 0 Å². The minimum Gasteiger partial charge on any atom is -0.344 e. The Morgan fingerprint density at radius 2 is 1.08 bits per heavy atom. The number of hydrogen-bond donors (Lipinski definition) is 0. The molecule has 1 nitrogen and oxygen atoms in total. The molecule has 1 heterocycles. The first-order valence-corrected chi connectivity index (χ1v) is 8.94. The second-order valence-electron chi connectivity index (χ2n) is 6.75. The van der Waals surface area contributed by atoms with Gasteiger partial charge in [-0.1, -0.05) is 72.8 Å². The van der Waals surface area contributed by atoms with E-state index < -0.39 is 0 Å². The zero-order chi connectivity index (χ0) is 17.5. The van der Waals surface area contributed by atoms with E-state index in [-0.39, 0.29) is 0 Å². The highest BCUT2D eigenvalue weighted by Gasteiger charge is 2.09. The van der Waals surface area contributed by atoms with Crippen molar-refractivity contribution in [2.45, 2.75) is 0 Å².